The minimum Gasteiger partial charge on any atom is -0.331 e. The van der Waals surface area contributed by atoms with E-state index in [4.69, 9.17) is 15.0 Å². The number of halogens is 3. The van der Waals surface area contributed by atoms with Gasteiger partial charge in [-0.2, -0.15) is 0 Å². The van der Waals surface area contributed by atoms with E-state index in [0.29, 0.717) is 0 Å². The van der Waals surface area contributed by atoms with Gasteiger partial charge in [0.05, 0.1) is 35.2 Å². The third-order valence-electron chi connectivity index (χ3n) is 17.7. The molecule has 0 radical (unpaired) electrons. The van der Waals surface area contributed by atoms with Crippen LogP contribution in [0.15, 0.2) is 148 Å². The molecule has 3 aromatic carbocycles. The summed E-state index contributed by atoms with van der Waals surface area (Å²) >= 11 is 10.9. The van der Waals surface area contributed by atoms with Crippen LogP contribution < -0.4 is 0 Å². The molecule has 6 aliphatic rings. The number of allylic oxidation sites excluding steroid dienone is 3. The van der Waals surface area contributed by atoms with Gasteiger partial charge in [-0.25, -0.2) is 9.97 Å². The number of rotatable bonds is 7. The highest BCUT2D eigenvalue weighted by molar-refractivity contribution is 9.11. The van der Waals surface area contributed by atoms with Crippen LogP contribution in [0, 0.1) is 13.8 Å². The summed E-state index contributed by atoms with van der Waals surface area (Å²) in [5.74, 6) is 2.04. The van der Waals surface area contributed by atoms with Crippen LogP contribution in [0.1, 0.15) is 119 Å². The van der Waals surface area contributed by atoms with Gasteiger partial charge in [0.15, 0.2) is 0 Å². The lowest BCUT2D eigenvalue weighted by atomic mass is 9.95. The van der Waals surface area contributed by atoms with Crippen LogP contribution in [0.5, 0.6) is 0 Å². The fourth-order valence-electron chi connectivity index (χ4n) is 12.9. The van der Waals surface area contributed by atoms with Crippen LogP contribution in [-0.4, -0.2) is 163 Å². The summed E-state index contributed by atoms with van der Waals surface area (Å²) < 4.78 is 7.47. The van der Waals surface area contributed by atoms with Gasteiger partial charge in [-0.15, -0.1) is 0 Å². The lowest BCUT2D eigenvalue weighted by Gasteiger charge is -2.38. The van der Waals surface area contributed by atoms with E-state index in [2.05, 4.69) is 260 Å². The van der Waals surface area contributed by atoms with E-state index < -0.39 is 0 Å². The molecule has 0 bridgehead atoms. The molecule has 448 valence electrons. The Morgan fingerprint density at radius 3 is 1.06 bits per heavy atom. The Morgan fingerprint density at radius 1 is 0.407 bits per heavy atom. The molecule has 3 fully saturated rings. The number of benzene rings is 3. The molecule has 3 atom stereocenters. The Balaban J connectivity index is 0.000000142. The lowest BCUT2D eigenvalue weighted by Crippen LogP contribution is -2.46. The van der Waals surface area contributed by atoms with Crippen molar-refractivity contribution in [2.24, 2.45) is 0 Å². The number of pyridine rings is 3. The van der Waals surface area contributed by atoms with Crippen molar-refractivity contribution in [3.63, 3.8) is 0 Å². The molecule has 8 heterocycles. The Kier molecular flexibility index (Phi) is 20.5. The minimum absolute atomic E-state index is 0. The monoisotopic (exact) mass is 1340 g/mol. The molecule has 0 saturated carbocycles. The first-order valence-electron chi connectivity index (χ1n) is 29.4. The molecule has 3 unspecified atom stereocenters. The summed E-state index contributed by atoms with van der Waals surface area (Å²) in [6, 6.07) is 33.6. The van der Waals surface area contributed by atoms with Crippen LogP contribution in [0.25, 0.3) is 34.9 Å². The van der Waals surface area contributed by atoms with Crippen molar-refractivity contribution < 1.29 is 0 Å². The molecule has 3 saturated heterocycles. The van der Waals surface area contributed by atoms with Gasteiger partial charge in [-0.1, -0.05) is 93.7 Å². The number of nitrogens with zero attached hydrogens (tertiary/aromatic N) is 13. The first kappa shape index (κ1) is 63.0. The zero-order chi connectivity index (χ0) is 58.0. The van der Waals surface area contributed by atoms with Gasteiger partial charge < -0.3 is 23.8 Å². The van der Waals surface area contributed by atoms with Gasteiger partial charge in [0.2, 0.25) is 0 Å². The lowest BCUT2D eigenvalue weighted by molar-refractivity contribution is 0.125. The number of piperazine rings is 3. The number of hydrogen-bond donors (Lipinski definition) is 0. The molecule has 3 aliphatic carbocycles. The highest BCUT2D eigenvalue weighted by Gasteiger charge is 2.36. The van der Waals surface area contributed by atoms with Crippen LogP contribution in [-0.2, 0) is 13.1 Å². The van der Waals surface area contributed by atoms with Gasteiger partial charge in [0, 0.05) is 165 Å². The number of fused-ring (bicyclic) bond motifs is 6. The topological polar surface area (TPSA) is 93.8 Å². The first-order valence-corrected chi connectivity index (χ1v) is 31.8. The van der Waals surface area contributed by atoms with Crippen molar-refractivity contribution in [1.82, 2.24) is 63.5 Å². The Bertz CT molecular complexity index is 3570. The average Bonchev–Trinajstić information content (AvgIpc) is 1.80. The average molecular weight is 1350 g/mol. The number of imidazole rings is 2. The summed E-state index contributed by atoms with van der Waals surface area (Å²) in [6.07, 6.45) is 20.6. The van der Waals surface area contributed by atoms with E-state index in [9.17, 15) is 0 Å². The fraction of sp³-hybridized carbons (Fsp3) is 0.357. The maximum absolute atomic E-state index is 4.99. The largest absolute Gasteiger partial charge is 0.331 e. The molecule has 0 N–H and O–H groups in total. The Hall–Kier alpha value is -6.05. The molecule has 3 aliphatic heterocycles. The van der Waals surface area contributed by atoms with Crippen molar-refractivity contribution in [3.8, 4) is 0 Å². The van der Waals surface area contributed by atoms with E-state index in [1.165, 1.54) is 72.5 Å². The van der Waals surface area contributed by atoms with Gasteiger partial charge in [-0.05, 0) is 170 Å². The molecule has 14 rings (SSSR count). The van der Waals surface area contributed by atoms with Gasteiger partial charge >= 0.3 is 0 Å². The molecular formula is C70H82Br3N13. The number of hydrogen-bond acceptors (Lipinski definition) is 11. The minimum atomic E-state index is 0. The second-order valence-electron chi connectivity index (χ2n) is 23.2. The van der Waals surface area contributed by atoms with Crippen LogP contribution in [0.3, 0.4) is 0 Å². The molecule has 8 aromatic rings. The maximum Gasteiger partial charge on any atom is 0.105 e. The molecular weight excluding hydrogens is 1260 g/mol. The summed E-state index contributed by atoms with van der Waals surface area (Å²) in [4.78, 5) is 38.7. The van der Waals surface area contributed by atoms with E-state index in [1.54, 1.807) is 0 Å². The van der Waals surface area contributed by atoms with Crippen LogP contribution in [0.2, 0.25) is 0 Å². The second kappa shape index (κ2) is 28.0. The summed E-state index contributed by atoms with van der Waals surface area (Å²) in [6.45, 7) is 20.7. The molecule has 0 spiro atoms. The summed E-state index contributed by atoms with van der Waals surface area (Å²) in [5, 5.41) is 0. The highest BCUT2D eigenvalue weighted by Crippen LogP contribution is 2.44. The van der Waals surface area contributed by atoms with E-state index in [1.807, 2.05) is 31.0 Å². The van der Waals surface area contributed by atoms with E-state index in [-0.39, 0.29) is 33.0 Å². The predicted octanol–water partition coefficient (Wildman–Crippen LogP) is 13.8. The van der Waals surface area contributed by atoms with Crippen molar-refractivity contribution in [2.75, 3.05) is 99.7 Å². The SMILES string of the molecule is C.C.CC1=Cc2ccccc2C(N2CCN(C)CC2)c2ncc(Br)cc21.Cc1nccn1CC1=Cc2ccccc2C(N2CCN(C)CC2)c2ncc(Br)cc21.Cc1nccn1CC1=Cc2ccccc2C(N2CCN(C)CC2)c2ncc(Br)cc21. The Labute approximate surface area is 535 Å². The third-order valence-corrected chi connectivity index (χ3v) is 19.0. The van der Waals surface area contributed by atoms with Crippen LogP contribution >= 0.6 is 47.8 Å². The van der Waals surface area contributed by atoms with Gasteiger partial charge in [0.1, 0.15) is 11.6 Å². The number of likely N-dealkylation sites (N-methyl/N-ethyl adjacent to an activating group) is 3. The third kappa shape index (κ3) is 13.6. The maximum atomic E-state index is 4.99. The van der Waals surface area contributed by atoms with Crippen molar-refractivity contribution >= 4 is 82.7 Å². The number of aryl methyl sites for hydroxylation is 2. The molecule has 16 heteroatoms. The molecule has 86 heavy (non-hydrogen) atoms. The molecule has 0 amide bonds. The molecule has 13 nitrogen and oxygen atoms in total. The summed E-state index contributed by atoms with van der Waals surface area (Å²) in [7, 11) is 6.61. The van der Waals surface area contributed by atoms with Crippen LogP contribution in [0.4, 0.5) is 0 Å². The van der Waals surface area contributed by atoms with Crippen molar-refractivity contribution in [3.05, 3.63) is 227 Å². The predicted molar refractivity (Wildman–Crippen MR) is 365 cm³/mol. The zero-order valence-corrected chi connectivity index (χ0v) is 53.8. The second-order valence-corrected chi connectivity index (χ2v) is 26.0. The van der Waals surface area contributed by atoms with Gasteiger partial charge in [-0.3, -0.25) is 29.7 Å². The summed E-state index contributed by atoms with van der Waals surface area (Å²) in [5.41, 5.74) is 18.9. The van der Waals surface area contributed by atoms with Gasteiger partial charge in [0.25, 0.3) is 0 Å². The normalized spacial score (nSPS) is 19.8. The quantitative estimate of drug-likeness (QED) is 0.153. The Morgan fingerprint density at radius 2 is 0.721 bits per heavy atom. The van der Waals surface area contributed by atoms with E-state index in [0.717, 1.165) is 128 Å². The molecule has 5 aromatic heterocycles. The fourth-order valence-corrected chi connectivity index (χ4v) is 13.9. The number of aromatic nitrogens is 7. The van der Waals surface area contributed by atoms with Crippen molar-refractivity contribution in [2.45, 2.75) is 66.8 Å². The van der Waals surface area contributed by atoms with E-state index >= 15 is 0 Å². The standard InChI is InChI=1S/2C24H26BrN5.C20H22BrN3.2CH4/c2*1-17-26-7-8-30(17)16-19-13-18-5-3-4-6-21(18)24(29-11-9-28(2)10-12-29)23-22(19)14-20(25)15-27-23;1-14-11-15-5-3-4-6-17(15)20(24-9-7-23(2)8-10-24)19-18(14)12-16(21)13-22-19;;/h2*3-8,13-15,24H,9-12,16H2,1-2H3;3-6,11-13,20H,7-10H2,1-2H3;2*1H4. The van der Waals surface area contributed by atoms with Crippen molar-refractivity contribution in [1.29, 1.82) is 0 Å². The first-order chi connectivity index (χ1) is 40.8. The highest BCUT2D eigenvalue weighted by atomic mass is 79.9. The zero-order valence-electron chi connectivity index (χ0n) is 49.0. The smallest absolute Gasteiger partial charge is 0.105 e.